The van der Waals surface area contributed by atoms with E-state index in [0.29, 0.717) is 5.56 Å². The minimum atomic E-state index is -3.74. The summed E-state index contributed by atoms with van der Waals surface area (Å²) in [4.78, 5) is 21.5. The fraction of sp³-hybridized carbons (Fsp3) is 0.235. The third-order valence-electron chi connectivity index (χ3n) is 3.63. The fourth-order valence-electron chi connectivity index (χ4n) is 2.55. The fourth-order valence-corrected chi connectivity index (χ4v) is 3.93. The molecule has 1 amide bonds. The molecule has 8 nitrogen and oxygen atoms in total. The maximum Gasteiger partial charge on any atom is 0.404 e. The second kappa shape index (κ2) is 7.96. The number of rotatable bonds is 7. The number of nitro groups is 1. The van der Waals surface area contributed by atoms with Gasteiger partial charge in [-0.1, -0.05) is 24.3 Å². The lowest BCUT2D eigenvalue weighted by molar-refractivity contribution is -0.385. The second-order valence-corrected chi connectivity index (χ2v) is 7.73. The van der Waals surface area contributed by atoms with Gasteiger partial charge in [-0.3, -0.25) is 10.1 Å². The normalized spacial score (nSPS) is 12.3. The van der Waals surface area contributed by atoms with Gasteiger partial charge in [0.1, 0.15) is 6.10 Å². The molecule has 2 aromatic rings. The summed E-state index contributed by atoms with van der Waals surface area (Å²) < 4.78 is 29.9. The molecule has 0 aliphatic rings. The first-order valence-corrected chi connectivity index (χ1v) is 9.34. The predicted octanol–water partition coefficient (Wildman–Crippen LogP) is 2.59. The zero-order chi connectivity index (χ0) is 19.3. The van der Waals surface area contributed by atoms with E-state index in [0.717, 1.165) is 0 Å². The number of benzene rings is 2. The van der Waals surface area contributed by atoms with Gasteiger partial charge in [0.2, 0.25) is 0 Å². The van der Waals surface area contributed by atoms with Crippen LogP contribution in [0.5, 0.6) is 0 Å². The minimum Gasteiger partial charge on any atom is -0.446 e. The number of hydrogen-bond donors (Lipinski definition) is 1. The van der Waals surface area contributed by atoms with E-state index in [1.165, 1.54) is 30.3 Å². The smallest absolute Gasteiger partial charge is 0.404 e. The lowest BCUT2D eigenvalue weighted by Crippen LogP contribution is -2.22. The molecule has 2 N–H and O–H groups in total. The third kappa shape index (κ3) is 5.03. The number of nitro benzene ring substituents is 1. The Hall–Kier alpha value is -2.94. The summed E-state index contributed by atoms with van der Waals surface area (Å²) in [6, 6.07) is 11.9. The van der Waals surface area contributed by atoms with Gasteiger partial charge in [-0.05, 0) is 30.7 Å². The van der Waals surface area contributed by atoms with Crippen molar-refractivity contribution in [1.29, 1.82) is 0 Å². The van der Waals surface area contributed by atoms with Crippen LogP contribution in [0.2, 0.25) is 0 Å². The Labute approximate surface area is 150 Å². The Kier molecular flexibility index (Phi) is 5.93. The summed E-state index contributed by atoms with van der Waals surface area (Å²) in [5.74, 6) is -0.508. The first-order valence-electron chi connectivity index (χ1n) is 7.69. The molecule has 9 heteroatoms. The molecule has 0 saturated heterocycles. The van der Waals surface area contributed by atoms with Crippen LogP contribution >= 0.6 is 0 Å². The van der Waals surface area contributed by atoms with Gasteiger partial charge in [0.05, 0.1) is 15.6 Å². The highest BCUT2D eigenvalue weighted by atomic mass is 32.2. The molecule has 0 heterocycles. The van der Waals surface area contributed by atoms with E-state index >= 15 is 0 Å². The second-order valence-electron chi connectivity index (χ2n) is 5.74. The predicted molar refractivity (Wildman–Crippen MR) is 94.3 cm³/mol. The van der Waals surface area contributed by atoms with Crippen LogP contribution in [-0.4, -0.2) is 25.5 Å². The van der Waals surface area contributed by atoms with Crippen molar-refractivity contribution in [2.45, 2.75) is 30.1 Å². The lowest BCUT2D eigenvalue weighted by Gasteiger charge is -2.12. The van der Waals surface area contributed by atoms with Gasteiger partial charge < -0.3 is 10.5 Å². The Morgan fingerprint density at radius 1 is 1.23 bits per heavy atom. The molecule has 0 bridgehead atoms. The average molecular weight is 378 g/mol. The summed E-state index contributed by atoms with van der Waals surface area (Å²) >= 11 is 0. The van der Waals surface area contributed by atoms with E-state index in [1.54, 1.807) is 25.1 Å². The molecule has 0 spiro atoms. The zero-order valence-corrected chi connectivity index (χ0v) is 14.8. The quantitative estimate of drug-likeness (QED) is 0.582. The average Bonchev–Trinajstić information content (AvgIpc) is 2.54. The number of carbonyl (C=O) groups excluding carboxylic acids is 1. The van der Waals surface area contributed by atoms with Gasteiger partial charge in [0.15, 0.2) is 9.84 Å². The van der Waals surface area contributed by atoms with Gasteiger partial charge in [-0.15, -0.1) is 0 Å². The molecule has 26 heavy (non-hydrogen) atoms. The monoisotopic (exact) mass is 378 g/mol. The SMILES string of the molecule is CC(Cc1ccc([N+](=O)[O-])c(CS(=O)(=O)c2ccccc2)c1)OC(N)=O. The first kappa shape index (κ1) is 19.4. The molecule has 138 valence electrons. The molecular weight excluding hydrogens is 360 g/mol. The molecule has 0 radical (unpaired) electrons. The number of sulfone groups is 1. The molecule has 0 aliphatic carbocycles. The molecule has 1 unspecified atom stereocenters. The molecule has 0 fully saturated rings. The highest BCUT2D eigenvalue weighted by molar-refractivity contribution is 7.90. The molecule has 0 aromatic heterocycles. The number of ether oxygens (including phenoxy) is 1. The van der Waals surface area contributed by atoms with Crippen molar-refractivity contribution in [3.63, 3.8) is 0 Å². The van der Waals surface area contributed by atoms with Crippen LogP contribution in [0.25, 0.3) is 0 Å². The third-order valence-corrected chi connectivity index (χ3v) is 5.31. The van der Waals surface area contributed by atoms with Crippen LogP contribution in [0.4, 0.5) is 10.5 Å². The van der Waals surface area contributed by atoms with Crippen molar-refractivity contribution >= 4 is 21.6 Å². The van der Waals surface area contributed by atoms with Gasteiger partial charge in [0.25, 0.3) is 5.69 Å². The summed E-state index contributed by atoms with van der Waals surface area (Å²) in [5, 5.41) is 11.2. The van der Waals surface area contributed by atoms with Crippen LogP contribution in [-0.2, 0) is 26.7 Å². The number of nitrogens with zero attached hydrogens (tertiary/aromatic N) is 1. The van der Waals surface area contributed by atoms with Gasteiger partial charge in [-0.25, -0.2) is 13.2 Å². The Balaban J connectivity index is 2.34. The molecule has 0 aliphatic heterocycles. The van der Waals surface area contributed by atoms with E-state index in [2.05, 4.69) is 0 Å². The van der Waals surface area contributed by atoms with E-state index in [9.17, 15) is 23.3 Å². The highest BCUT2D eigenvalue weighted by Gasteiger charge is 2.23. The highest BCUT2D eigenvalue weighted by Crippen LogP contribution is 2.26. The van der Waals surface area contributed by atoms with Crippen molar-refractivity contribution in [3.05, 3.63) is 69.8 Å². The van der Waals surface area contributed by atoms with Crippen molar-refractivity contribution in [2.75, 3.05) is 0 Å². The van der Waals surface area contributed by atoms with Crippen molar-refractivity contribution in [1.82, 2.24) is 0 Å². The van der Waals surface area contributed by atoms with Gasteiger partial charge in [-0.2, -0.15) is 0 Å². The Bertz CT molecular complexity index is 912. The van der Waals surface area contributed by atoms with Crippen molar-refractivity contribution in [2.24, 2.45) is 5.73 Å². The van der Waals surface area contributed by atoms with Crippen LogP contribution < -0.4 is 5.73 Å². The standard InChI is InChI=1S/C17H18N2O6S/c1-12(25-17(18)20)9-13-7-8-16(19(21)22)14(10-13)11-26(23,24)15-5-3-2-4-6-15/h2-8,10,12H,9,11H2,1H3,(H2,18,20). The minimum absolute atomic E-state index is 0.0719. The number of amides is 1. The first-order chi connectivity index (χ1) is 12.2. The summed E-state index contributed by atoms with van der Waals surface area (Å²) in [7, 11) is -3.74. The number of primary amides is 1. The van der Waals surface area contributed by atoms with Gasteiger partial charge >= 0.3 is 6.09 Å². The van der Waals surface area contributed by atoms with E-state index < -0.39 is 32.7 Å². The Morgan fingerprint density at radius 2 is 1.88 bits per heavy atom. The molecular formula is C17H18N2O6S. The maximum atomic E-state index is 12.5. The number of hydrogen-bond acceptors (Lipinski definition) is 6. The summed E-state index contributed by atoms with van der Waals surface area (Å²) in [6.45, 7) is 1.62. The van der Waals surface area contributed by atoms with Crippen LogP contribution in [0, 0.1) is 10.1 Å². The largest absolute Gasteiger partial charge is 0.446 e. The van der Waals surface area contributed by atoms with E-state index in [4.69, 9.17) is 10.5 Å². The number of carbonyl (C=O) groups is 1. The molecule has 2 aromatic carbocycles. The van der Waals surface area contributed by atoms with E-state index in [1.807, 2.05) is 0 Å². The van der Waals surface area contributed by atoms with Crippen LogP contribution in [0.1, 0.15) is 18.1 Å². The molecule has 1 atom stereocenters. The maximum absolute atomic E-state index is 12.5. The molecule has 0 saturated carbocycles. The lowest BCUT2D eigenvalue weighted by atomic mass is 10.0. The van der Waals surface area contributed by atoms with Gasteiger partial charge in [0, 0.05) is 18.1 Å². The zero-order valence-electron chi connectivity index (χ0n) is 14.0. The Morgan fingerprint density at radius 3 is 2.46 bits per heavy atom. The molecule has 2 rings (SSSR count). The number of nitrogens with two attached hydrogens (primary N) is 1. The van der Waals surface area contributed by atoms with Crippen molar-refractivity contribution in [3.8, 4) is 0 Å². The van der Waals surface area contributed by atoms with E-state index in [-0.39, 0.29) is 22.6 Å². The van der Waals surface area contributed by atoms with Crippen LogP contribution in [0.3, 0.4) is 0 Å². The van der Waals surface area contributed by atoms with Crippen molar-refractivity contribution < 1.29 is 22.9 Å². The van der Waals surface area contributed by atoms with Crippen LogP contribution in [0.15, 0.2) is 53.4 Å². The summed E-state index contributed by atoms with van der Waals surface area (Å²) in [6.07, 6.45) is -1.22. The topological polar surface area (TPSA) is 130 Å². The summed E-state index contributed by atoms with van der Waals surface area (Å²) in [5.41, 5.74) is 5.35.